The summed E-state index contributed by atoms with van der Waals surface area (Å²) in [5, 5.41) is 0. The fourth-order valence-corrected chi connectivity index (χ4v) is 2.09. The number of alkyl halides is 1. The highest BCUT2D eigenvalue weighted by Gasteiger charge is 2.23. The summed E-state index contributed by atoms with van der Waals surface area (Å²) < 4.78 is 0. The summed E-state index contributed by atoms with van der Waals surface area (Å²) in [6.45, 7) is 9.65. The van der Waals surface area contributed by atoms with E-state index in [-0.39, 0.29) is 10.7 Å². The minimum Gasteiger partial charge on any atom is -0.338 e. The van der Waals surface area contributed by atoms with E-state index in [0.29, 0.717) is 12.5 Å². The molecule has 0 bridgehead atoms. The Balaban J connectivity index is 2.80. The van der Waals surface area contributed by atoms with Gasteiger partial charge in [0, 0.05) is 13.1 Å². The number of halogens is 1. The molecule has 0 aliphatic heterocycles. The van der Waals surface area contributed by atoms with Gasteiger partial charge in [-0.3, -0.25) is 4.79 Å². The first kappa shape index (κ1) is 15.2. The molecule has 1 rings (SSSR count). The normalized spacial score (nSPS) is 12.6. The van der Waals surface area contributed by atoms with Crippen molar-refractivity contribution in [3.05, 3.63) is 35.4 Å². The lowest BCUT2D eigenvalue weighted by Crippen LogP contribution is -2.38. The highest BCUT2D eigenvalue weighted by Crippen LogP contribution is 2.18. The Morgan fingerprint density at radius 3 is 2.44 bits per heavy atom. The van der Waals surface area contributed by atoms with Crippen LogP contribution in [0.2, 0.25) is 0 Å². The fraction of sp³-hybridized carbons (Fsp3) is 0.533. The van der Waals surface area contributed by atoms with E-state index >= 15 is 0 Å². The Bertz CT molecular complexity index is 403. The molecule has 0 aromatic heterocycles. The number of hydrogen-bond acceptors (Lipinski definition) is 1. The molecule has 0 aliphatic carbocycles. The van der Waals surface area contributed by atoms with Gasteiger partial charge in [-0.15, -0.1) is 0 Å². The lowest BCUT2D eigenvalue weighted by Gasteiger charge is -2.26. The Hall–Kier alpha value is -0.830. The molecule has 1 aromatic rings. The molecule has 1 atom stereocenters. The maximum absolute atomic E-state index is 12.3. The molecule has 0 spiro atoms. The van der Waals surface area contributed by atoms with Crippen LogP contribution in [0, 0.1) is 12.8 Å². The predicted octanol–water partition coefficient (Wildman–Crippen LogP) is 3.76. The molecule has 0 saturated heterocycles. The Morgan fingerprint density at radius 2 is 1.94 bits per heavy atom. The highest BCUT2D eigenvalue weighted by atomic mass is 79.9. The average molecular weight is 312 g/mol. The molecule has 2 nitrogen and oxygen atoms in total. The molecular formula is C15H22BrNO. The predicted molar refractivity (Wildman–Crippen MR) is 79.8 cm³/mol. The molecule has 100 valence electrons. The molecule has 18 heavy (non-hydrogen) atoms. The van der Waals surface area contributed by atoms with Gasteiger partial charge < -0.3 is 4.90 Å². The molecule has 0 radical (unpaired) electrons. The van der Waals surface area contributed by atoms with Crippen LogP contribution < -0.4 is 0 Å². The van der Waals surface area contributed by atoms with E-state index < -0.39 is 0 Å². The third-order valence-electron chi connectivity index (χ3n) is 3.14. The van der Waals surface area contributed by atoms with Crippen LogP contribution in [0.15, 0.2) is 24.3 Å². The van der Waals surface area contributed by atoms with Gasteiger partial charge >= 0.3 is 0 Å². The molecule has 0 aliphatic rings. The Morgan fingerprint density at radius 1 is 1.33 bits per heavy atom. The molecule has 0 saturated carbocycles. The van der Waals surface area contributed by atoms with Gasteiger partial charge in [0.15, 0.2) is 0 Å². The van der Waals surface area contributed by atoms with E-state index in [0.717, 1.165) is 6.54 Å². The smallest absolute Gasteiger partial charge is 0.236 e. The third-order valence-corrected chi connectivity index (χ3v) is 4.59. The second kappa shape index (κ2) is 6.93. The number of carbonyl (C=O) groups excluding carboxylic acids is 1. The summed E-state index contributed by atoms with van der Waals surface area (Å²) in [5.74, 6) is 0.485. The van der Waals surface area contributed by atoms with E-state index in [4.69, 9.17) is 0 Å². The highest BCUT2D eigenvalue weighted by molar-refractivity contribution is 9.10. The van der Waals surface area contributed by atoms with Crippen LogP contribution in [0.5, 0.6) is 0 Å². The SMILES string of the molecule is CCN(Cc1ccccc1C)C(=O)C(Br)C(C)C. The van der Waals surface area contributed by atoms with Crippen LogP contribution in [-0.4, -0.2) is 22.2 Å². The van der Waals surface area contributed by atoms with E-state index in [1.165, 1.54) is 11.1 Å². The lowest BCUT2D eigenvalue weighted by atomic mass is 10.1. The van der Waals surface area contributed by atoms with Crippen LogP contribution in [-0.2, 0) is 11.3 Å². The summed E-state index contributed by atoms with van der Waals surface area (Å²) in [6, 6.07) is 8.22. The summed E-state index contributed by atoms with van der Waals surface area (Å²) in [7, 11) is 0. The van der Waals surface area contributed by atoms with E-state index in [1.807, 2.05) is 24.0 Å². The molecule has 1 unspecified atom stereocenters. The Kier molecular flexibility index (Phi) is 5.86. The van der Waals surface area contributed by atoms with Gasteiger partial charge in [-0.1, -0.05) is 54.0 Å². The van der Waals surface area contributed by atoms with Crippen molar-refractivity contribution < 1.29 is 4.79 Å². The summed E-state index contributed by atoms with van der Waals surface area (Å²) in [4.78, 5) is 14.1. The van der Waals surface area contributed by atoms with Crippen molar-refractivity contribution in [2.75, 3.05) is 6.54 Å². The lowest BCUT2D eigenvalue weighted by molar-refractivity contribution is -0.131. The number of aryl methyl sites for hydroxylation is 1. The number of rotatable bonds is 5. The average Bonchev–Trinajstić information content (AvgIpc) is 2.36. The maximum Gasteiger partial charge on any atom is 0.236 e. The van der Waals surface area contributed by atoms with Gasteiger partial charge in [0.1, 0.15) is 0 Å². The molecule has 0 fully saturated rings. The van der Waals surface area contributed by atoms with Crippen LogP contribution in [0.1, 0.15) is 31.9 Å². The quantitative estimate of drug-likeness (QED) is 0.758. The molecule has 1 aromatic carbocycles. The standard InChI is InChI=1S/C15H22BrNO/c1-5-17(15(18)14(16)11(2)3)10-13-9-7-6-8-12(13)4/h6-9,11,14H,5,10H2,1-4H3. The molecule has 3 heteroatoms. The van der Waals surface area contributed by atoms with Crippen LogP contribution in [0.4, 0.5) is 0 Å². The molecule has 1 amide bonds. The second-order valence-electron chi connectivity index (χ2n) is 4.92. The Labute approximate surface area is 119 Å². The zero-order chi connectivity index (χ0) is 13.7. The van der Waals surface area contributed by atoms with E-state index in [1.54, 1.807) is 0 Å². The van der Waals surface area contributed by atoms with Crippen molar-refractivity contribution >= 4 is 21.8 Å². The van der Waals surface area contributed by atoms with Crippen molar-refractivity contribution in [2.45, 2.75) is 39.1 Å². The van der Waals surface area contributed by atoms with Crippen molar-refractivity contribution in [1.29, 1.82) is 0 Å². The van der Waals surface area contributed by atoms with Crippen molar-refractivity contribution in [1.82, 2.24) is 4.90 Å². The van der Waals surface area contributed by atoms with E-state index in [9.17, 15) is 4.79 Å². The molecule has 0 N–H and O–H groups in total. The zero-order valence-electron chi connectivity index (χ0n) is 11.6. The molecular weight excluding hydrogens is 290 g/mol. The zero-order valence-corrected chi connectivity index (χ0v) is 13.2. The minimum absolute atomic E-state index is 0.0959. The summed E-state index contributed by atoms with van der Waals surface area (Å²) >= 11 is 3.49. The first-order chi connectivity index (χ1) is 8.47. The maximum atomic E-state index is 12.3. The van der Waals surface area contributed by atoms with Gasteiger partial charge in [0.25, 0.3) is 0 Å². The number of carbonyl (C=O) groups is 1. The fourth-order valence-electron chi connectivity index (χ4n) is 1.80. The van der Waals surface area contributed by atoms with Crippen LogP contribution >= 0.6 is 15.9 Å². The minimum atomic E-state index is -0.0959. The van der Waals surface area contributed by atoms with E-state index in [2.05, 4.69) is 48.8 Å². The van der Waals surface area contributed by atoms with Crippen LogP contribution in [0.3, 0.4) is 0 Å². The van der Waals surface area contributed by atoms with Gasteiger partial charge in [-0.25, -0.2) is 0 Å². The summed E-state index contributed by atoms with van der Waals surface area (Å²) in [6.07, 6.45) is 0. The second-order valence-corrected chi connectivity index (χ2v) is 5.91. The van der Waals surface area contributed by atoms with Crippen molar-refractivity contribution in [3.63, 3.8) is 0 Å². The number of amides is 1. The number of benzene rings is 1. The third kappa shape index (κ3) is 3.84. The summed E-state index contributed by atoms with van der Waals surface area (Å²) in [5.41, 5.74) is 2.45. The van der Waals surface area contributed by atoms with Crippen molar-refractivity contribution in [3.8, 4) is 0 Å². The van der Waals surface area contributed by atoms with Gasteiger partial charge in [0.05, 0.1) is 4.83 Å². The van der Waals surface area contributed by atoms with Crippen LogP contribution in [0.25, 0.3) is 0 Å². The first-order valence-electron chi connectivity index (χ1n) is 6.44. The number of hydrogen-bond donors (Lipinski definition) is 0. The molecule has 0 heterocycles. The largest absolute Gasteiger partial charge is 0.338 e. The van der Waals surface area contributed by atoms with Gasteiger partial charge in [-0.05, 0) is 30.9 Å². The topological polar surface area (TPSA) is 20.3 Å². The first-order valence-corrected chi connectivity index (χ1v) is 7.36. The van der Waals surface area contributed by atoms with Gasteiger partial charge in [-0.2, -0.15) is 0 Å². The van der Waals surface area contributed by atoms with Crippen molar-refractivity contribution in [2.24, 2.45) is 5.92 Å². The monoisotopic (exact) mass is 311 g/mol. The van der Waals surface area contributed by atoms with Gasteiger partial charge in [0.2, 0.25) is 5.91 Å². The number of nitrogens with zero attached hydrogens (tertiary/aromatic N) is 1.